The minimum Gasteiger partial charge on any atom is -0.323 e. The van der Waals surface area contributed by atoms with E-state index in [1.807, 2.05) is 30.3 Å². The molecule has 4 rings (SSSR count). The standard InChI is InChI=1S/C21H17ClN4O3/c22-15-8-7-14(11-23)17(10-15)24-18(27)12-26-19(28)21(25-20(26)29)9-3-5-13-4-1-2-6-16(13)21/h1-2,4,6-8,10H,3,5,9,12H2,(H,24,27)(H,25,29)/t21-/m0/s1. The third-order valence-electron chi connectivity index (χ3n) is 5.33. The molecule has 8 heteroatoms. The summed E-state index contributed by atoms with van der Waals surface area (Å²) in [7, 11) is 0. The van der Waals surface area contributed by atoms with Gasteiger partial charge in [-0.15, -0.1) is 0 Å². The SMILES string of the molecule is N#Cc1ccc(Cl)cc1NC(=O)CN1C(=O)N[C@]2(CCCc3ccccc32)C1=O. The predicted octanol–water partition coefficient (Wildman–Crippen LogP) is 2.93. The molecule has 0 bridgehead atoms. The fourth-order valence-corrected chi connectivity index (χ4v) is 4.18. The minimum absolute atomic E-state index is 0.231. The van der Waals surface area contributed by atoms with Crippen LogP contribution in [0.3, 0.4) is 0 Å². The molecule has 2 N–H and O–H groups in total. The number of carbonyl (C=O) groups excluding carboxylic acids is 3. The lowest BCUT2D eigenvalue weighted by Gasteiger charge is -2.33. The number of halogens is 1. The van der Waals surface area contributed by atoms with Crippen molar-refractivity contribution < 1.29 is 14.4 Å². The first-order valence-electron chi connectivity index (χ1n) is 9.16. The molecule has 0 radical (unpaired) electrons. The molecule has 1 heterocycles. The number of urea groups is 1. The maximum atomic E-state index is 13.2. The molecular weight excluding hydrogens is 392 g/mol. The first-order valence-corrected chi connectivity index (χ1v) is 9.54. The van der Waals surface area contributed by atoms with Crippen LogP contribution in [-0.2, 0) is 21.5 Å². The van der Waals surface area contributed by atoms with E-state index < -0.39 is 29.9 Å². The molecule has 1 aliphatic heterocycles. The van der Waals surface area contributed by atoms with E-state index in [4.69, 9.17) is 11.6 Å². The van der Waals surface area contributed by atoms with Crippen LogP contribution in [-0.4, -0.2) is 29.3 Å². The fraction of sp³-hybridized carbons (Fsp3) is 0.238. The Morgan fingerprint density at radius 3 is 2.86 bits per heavy atom. The number of nitrogens with zero attached hydrogens (tertiary/aromatic N) is 2. The zero-order chi connectivity index (χ0) is 20.6. The average Bonchev–Trinajstić information content (AvgIpc) is 2.93. The van der Waals surface area contributed by atoms with Crippen LogP contribution in [0.15, 0.2) is 42.5 Å². The lowest BCUT2D eigenvalue weighted by Crippen LogP contribution is -2.47. The van der Waals surface area contributed by atoms with Crippen molar-refractivity contribution in [3.05, 3.63) is 64.2 Å². The summed E-state index contributed by atoms with van der Waals surface area (Å²) in [5.74, 6) is -1.02. The average molecular weight is 409 g/mol. The number of nitriles is 1. The maximum absolute atomic E-state index is 13.2. The van der Waals surface area contributed by atoms with Gasteiger partial charge in [0.25, 0.3) is 5.91 Å². The molecular formula is C21H17ClN4O3. The van der Waals surface area contributed by atoms with E-state index in [-0.39, 0.29) is 11.3 Å². The van der Waals surface area contributed by atoms with Crippen molar-refractivity contribution in [3.8, 4) is 6.07 Å². The molecule has 2 aromatic carbocycles. The molecule has 0 aromatic heterocycles. The molecule has 1 fully saturated rings. The molecule has 1 atom stereocenters. The number of benzene rings is 2. The molecule has 29 heavy (non-hydrogen) atoms. The quantitative estimate of drug-likeness (QED) is 0.762. The van der Waals surface area contributed by atoms with Crippen LogP contribution < -0.4 is 10.6 Å². The van der Waals surface area contributed by atoms with Crippen molar-refractivity contribution in [3.63, 3.8) is 0 Å². The van der Waals surface area contributed by atoms with Gasteiger partial charge in [0, 0.05) is 5.02 Å². The summed E-state index contributed by atoms with van der Waals surface area (Å²) in [6.45, 7) is -0.452. The van der Waals surface area contributed by atoms with Crippen molar-refractivity contribution >= 4 is 35.1 Å². The highest BCUT2D eigenvalue weighted by atomic mass is 35.5. The van der Waals surface area contributed by atoms with Crippen molar-refractivity contribution in [2.24, 2.45) is 0 Å². The molecule has 146 valence electrons. The normalized spacial score (nSPS) is 20.2. The number of imide groups is 1. The Hall–Kier alpha value is -3.37. The fourth-order valence-electron chi connectivity index (χ4n) is 4.01. The zero-order valence-corrected chi connectivity index (χ0v) is 16.1. The molecule has 1 saturated heterocycles. The number of carbonyl (C=O) groups is 3. The van der Waals surface area contributed by atoms with Gasteiger partial charge >= 0.3 is 6.03 Å². The van der Waals surface area contributed by atoms with Crippen LogP contribution in [0.4, 0.5) is 10.5 Å². The van der Waals surface area contributed by atoms with Crippen LogP contribution in [0.25, 0.3) is 0 Å². The van der Waals surface area contributed by atoms with E-state index in [9.17, 15) is 19.6 Å². The molecule has 1 spiro atoms. The van der Waals surface area contributed by atoms with E-state index in [0.717, 1.165) is 28.9 Å². The van der Waals surface area contributed by atoms with Gasteiger partial charge in [0.1, 0.15) is 18.2 Å². The van der Waals surface area contributed by atoms with Crippen LogP contribution in [0.1, 0.15) is 29.5 Å². The Bertz CT molecular complexity index is 1080. The van der Waals surface area contributed by atoms with Crippen LogP contribution >= 0.6 is 11.6 Å². The summed E-state index contributed by atoms with van der Waals surface area (Å²) in [5.41, 5.74) is 1.15. The van der Waals surface area contributed by atoms with E-state index in [2.05, 4.69) is 10.6 Å². The number of amides is 4. The first-order chi connectivity index (χ1) is 13.9. The lowest BCUT2D eigenvalue weighted by atomic mass is 9.76. The molecule has 0 unspecified atom stereocenters. The van der Waals surface area contributed by atoms with Crippen molar-refractivity contribution in [1.29, 1.82) is 5.26 Å². The lowest BCUT2D eigenvalue weighted by molar-refractivity contribution is -0.134. The summed E-state index contributed by atoms with van der Waals surface area (Å²) >= 11 is 5.93. The number of aryl methyl sites for hydroxylation is 1. The number of fused-ring (bicyclic) bond motifs is 2. The number of hydrogen-bond acceptors (Lipinski definition) is 4. The summed E-state index contributed by atoms with van der Waals surface area (Å²) in [5, 5.41) is 14.9. The van der Waals surface area contributed by atoms with Gasteiger partial charge in [-0.3, -0.25) is 14.5 Å². The topological polar surface area (TPSA) is 102 Å². The second-order valence-corrected chi connectivity index (χ2v) is 7.52. The number of hydrogen-bond donors (Lipinski definition) is 2. The van der Waals surface area contributed by atoms with Gasteiger partial charge in [-0.1, -0.05) is 35.9 Å². The smallest absolute Gasteiger partial charge is 0.323 e. The second kappa shape index (κ2) is 7.22. The third-order valence-corrected chi connectivity index (χ3v) is 5.56. The van der Waals surface area contributed by atoms with Gasteiger partial charge in [-0.05, 0) is 48.6 Å². The predicted molar refractivity (Wildman–Crippen MR) is 106 cm³/mol. The van der Waals surface area contributed by atoms with E-state index in [1.165, 1.54) is 18.2 Å². The van der Waals surface area contributed by atoms with Crippen molar-refractivity contribution in [2.75, 3.05) is 11.9 Å². The molecule has 1 aliphatic carbocycles. The van der Waals surface area contributed by atoms with Gasteiger partial charge in [-0.25, -0.2) is 4.79 Å². The Labute approximate surface area is 172 Å². The van der Waals surface area contributed by atoms with Crippen LogP contribution in [0.5, 0.6) is 0 Å². The third kappa shape index (κ3) is 3.22. The second-order valence-electron chi connectivity index (χ2n) is 7.09. The monoisotopic (exact) mass is 408 g/mol. The minimum atomic E-state index is -1.12. The van der Waals surface area contributed by atoms with Crippen molar-refractivity contribution in [1.82, 2.24) is 10.2 Å². The highest BCUT2D eigenvalue weighted by Gasteiger charge is 2.54. The number of rotatable bonds is 3. The zero-order valence-electron chi connectivity index (χ0n) is 15.4. The van der Waals surface area contributed by atoms with Gasteiger partial charge in [0.05, 0.1) is 11.3 Å². The molecule has 7 nitrogen and oxygen atoms in total. The summed E-state index contributed by atoms with van der Waals surface area (Å²) in [6, 6.07) is 13.4. The van der Waals surface area contributed by atoms with Gasteiger partial charge in [0.15, 0.2) is 0 Å². The van der Waals surface area contributed by atoms with Gasteiger partial charge < -0.3 is 10.6 Å². The number of nitrogens with one attached hydrogen (secondary N) is 2. The van der Waals surface area contributed by atoms with Crippen molar-refractivity contribution in [2.45, 2.75) is 24.8 Å². The van der Waals surface area contributed by atoms with Crippen LogP contribution in [0, 0.1) is 11.3 Å². The van der Waals surface area contributed by atoms with Gasteiger partial charge in [-0.2, -0.15) is 5.26 Å². The summed E-state index contributed by atoms with van der Waals surface area (Å²) in [6.07, 6.45) is 2.09. The molecule has 4 amide bonds. The molecule has 0 saturated carbocycles. The van der Waals surface area contributed by atoms with E-state index in [0.29, 0.717) is 11.4 Å². The van der Waals surface area contributed by atoms with Crippen LogP contribution in [0.2, 0.25) is 5.02 Å². The maximum Gasteiger partial charge on any atom is 0.325 e. The Morgan fingerprint density at radius 2 is 2.07 bits per heavy atom. The Balaban J connectivity index is 1.56. The largest absolute Gasteiger partial charge is 0.325 e. The van der Waals surface area contributed by atoms with E-state index in [1.54, 1.807) is 0 Å². The highest BCUT2D eigenvalue weighted by Crippen LogP contribution is 2.39. The molecule has 2 aromatic rings. The Morgan fingerprint density at radius 1 is 1.28 bits per heavy atom. The van der Waals surface area contributed by atoms with E-state index >= 15 is 0 Å². The van der Waals surface area contributed by atoms with Gasteiger partial charge in [0.2, 0.25) is 5.91 Å². The number of anilines is 1. The Kier molecular flexibility index (Phi) is 4.73. The highest BCUT2D eigenvalue weighted by molar-refractivity contribution is 6.31. The first kappa shape index (κ1) is 19.0. The summed E-state index contributed by atoms with van der Waals surface area (Å²) < 4.78 is 0. The molecule has 2 aliphatic rings. The summed E-state index contributed by atoms with van der Waals surface area (Å²) in [4.78, 5) is 39.2.